The van der Waals surface area contributed by atoms with Crippen molar-refractivity contribution < 1.29 is 23.5 Å². The van der Waals surface area contributed by atoms with Crippen LogP contribution in [0.4, 0.5) is 9.18 Å². The van der Waals surface area contributed by atoms with Gasteiger partial charge in [0.15, 0.2) is 11.5 Å². The summed E-state index contributed by atoms with van der Waals surface area (Å²) < 4.78 is 25.7. The molecule has 3 aromatic rings. The molecule has 0 radical (unpaired) electrons. The van der Waals surface area contributed by atoms with E-state index in [0.29, 0.717) is 30.1 Å². The lowest BCUT2D eigenvalue weighted by Crippen LogP contribution is -2.30. The summed E-state index contributed by atoms with van der Waals surface area (Å²) in [6.07, 6.45) is 3.83. The highest BCUT2D eigenvalue weighted by Crippen LogP contribution is 2.35. The van der Waals surface area contributed by atoms with Gasteiger partial charge in [-0.1, -0.05) is 54.6 Å². The Kier molecular flexibility index (Phi) is 7.26. The van der Waals surface area contributed by atoms with Crippen LogP contribution in [0.25, 0.3) is 6.08 Å². The van der Waals surface area contributed by atoms with E-state index in [0.717, 1.165) is 16.0 Å². The number of allylic oxidation sites excluding steroid dienone is 1. The lowest BCUT2D eigenvalue weighted by atomic mass is 10.0. The number of ether oxygens (including phenoxy) is 2. The van der Waals surface area contributed by atoms with Crippen molar-refractivity contribution in [2.45, 2.75) is 19.6 Å². The summed E-state index contributed by atoms with van der Waals surface area (Å²) in [4.78, 5) is 26.3. The minimum Gasteiger partial charge on any atom is -0.493 e. The molecule has 1 aliphatic rings. The first-order valence-corrected chi connectivity index (χ1v) is 11.1. The number of halogens is 1. The van der Waals surface area contributed by atoms with Crippen molar-refractivity contribution in [3.8, 4) is 11.5 Å². The summed E-state index contributed by atoms with van der Waals surface area (Å²) in [6.45, 7) is 4.02. The molecule has 1 heterocycles. The Labute approximate surface area is 203 Å². The molecule has 3 aromatic carbocycles. The molecule has 7 heteroatoms. The Morgan fingerprint density at radius 1 is 1.03 bits per heavy atom. The quantitative estimate of drug-likeness (QED) is 0.263. The van der Waals surface area contributed by atoms with Crippen molar-refractivity contribution in [1.82, 2.24) is 10.2 Å². The fourth-order valence-electron chi connectivity index (χ4n) is 3.80. The average Bonchev–Trinajstić information content (AvgIpc) is 3.12. The monoisotopic (exact) mass is 472 g/mol. The number of benzene rings is 3. The summed E-state index contributed by atoms with van der Waals surface area (Å²) in [5.41, 5.74) is 2.83. The van der Waals surface area contributed by atoms with Crippen LogP contribution < -0.4 is 14.8 Å². The molecule has 0 unspecified atom stereocenters. The molecule has 3 amide bonds. The van der Waals surface area contributed by atoms with Gasteiger partial charge >= 0.3 is 6.03 Å². The molecular weight excluding hydrogens is 447 g/mol. The normalized spacial score (nSPS) is 14.2. The standard InChI is InChI=1S/C28H25FN2O4/c1-3-9-21-14-20(16-25(34-2)26(21)35-18-19-10-5-4-6-11-19)15-24-27(32)31(28(33)30-24)17-22-12-7-8-13-23(22)29/h3-8,10-16H,1,9,17-18H2,2H3,(H,30,33)/b24-15+. The van der Waals surface area contributed by atoms with Crippen molar-refractivity contribution in [1.29, 1.82) is 0 Å². The molecule has 0 aliphatic carbocycles. The van der Waals surface area contributed by atoms with Crippen molar-refractivity contribution in [3.05, 3.63) is 113 Å². The van der Waals surface area contributed by atoms with Crippen molar-refractivity contribution in [3.63, 3.8) is 0 Å². The van der Waals surface area contributed by atoms with Crippen LogP contribution >= 0.6 is 0 Å². The van der Waals surface area contributed by atoms with Gasteiger partial charge in [0, 0.05) is 11.1 Å². The van der Waals surface area contributed by atoms with E-state index in [-0.39, 0.29) is 17.8 Å². The zero-order valence-corrected chi connectivity index (χ0v) is 19.3. The van der Waals surface area contributed by atoms with Crippen LogP contribution in [0.3, 0.4) is 0 Å². The molecule has 35 heavy (non-hydrogen) atoms. The van der Waals surface area contributed by atoms with E-state index in [1.807, 2.05) is 36.4 Å². The van der Waals surface area contributed by atoms with Crippen LogP contribution in [-0.2, 0) is 24.4 Å². The van der Waals surface area contributed by atoms with Gasteiger partial charge in [-0.15, -0.1) is 6.58 Å². The molecule has 4 rings (SSSR count). The van der Waals surface area contributed by atoms with Crippen molar-refractivity contribution >= 4 is 18.0 Å². The van der Waals surface area contributed by atoms with Crippen LogP contribution in [0.1, 0.15) is 22.3 Å². The Morgan fingerprint density at radius 3 is 2.49 bits per heavy atom. The number of nitrogens with one attached hydrogen (secondary N) is 1. The molecule has 0 aromatic heterocycles. The summed E-state index contributed by atoms with van der Waals surface area (Å²) in [7, 11) is 1.54. The molecule has 1 aliphatic heterocycles. The molecule has 1 N–H and O–H groups in total. The van der Waals surface area contributed by atoms with E-state index in [1.54, 1.807) is 30.4 Å². The van der Waals surface area contributed by atoms with Crippen LogP contribution in [0.5, 0.6) is 11.5 Å². The van der Waals surface area contributed by atoms with Gasteiger partial charge in [-0.2, -0.15) is 0 Å². The molecule has 1 saturated heterocycles. The molecule has 0 bridgehead atoms. The zero-order valence-electron chi connectivity index (χ0n) is 19.3. The number of imide groups is 1. The molecule has 0 atom stereocenters. The van der Waals surface area contributed by atoms with E-state index in [9.17, 15) is 14.0 Å². The molecule has 0 saturated carbocycles. The van der Waals surface area contributed by atoms with E-state index >= 15 is 0 Å². The van der Waals surface area contributed by atoms with Gasteiger partial charge < -0.3 is 14.8 Å². The number of carbonyl (C=O) groups excluding carboxylic acids is 2. The molecule has 1 fully saturated rings. The Morgan fingerprint density at radius 2 is 1.77 bits per heavy atom. The van der Waals surface area contributed by atoms with Gasteiger partial charge in [0.05, 0.1) is 13.7 Å². The highest BCUT2D eigenvalue weighted by atomic mass is 19.1. The van der Waals surface area contributed by atoms with E-state index in [4.69, 9.17) is 9.47 Å². The minimum absolute atomic E-state index is 0.0934. The topological polar surface area (TPSA) is 67.9 Å². The number of amides is 3. The first-order valence-electron chi connectivity index (χ1n) is 11.1. The van der Waals surface area contributed by atoms with E-state index in [2.05, 4.69) is 11.9 Å². The predicted molar refractivity (Wildman–Crippen MR) is 131 cm³/mol. The first-order chi connectivity index (χ1) is 17.0. The lowest BCUT2D eigenvalue weighted by Gasteiger charge is -2.16. The van der Waals surface area contributed by atoms with Gasteiger partial charge in [0.1, 0.15) is 18.1 Å². The third-order valence-corrected chi connectivity index (χ3v) is 5.52. The van der Waals surface area contributed by atoms with Gasteiger partial charge in [-0.25, -0.2) is 9.18 Å². The third-order valence-electron chi connectivity index (χ3n) is 5.52. The second-order valence-corrected chi connectivity index (χ2v) is 7.95. The third kappa shape index (κ3) is 5.41. The Balaban J connectivity index is 1.60. The average molecular weight is 473 g/mol. The van der Waals surface area contributed by atoms with Gasteiger partial charge in [0.25, 0.3) is 5.91 Å². The molecular formula is C28H25FN2O4. The smallest absolute Gasteiger partial charge is 0.329 e. The second kappa shape index (κ2) is 10.7. The van der Waals surface area contributed by atoms with Crippen molar-refractivity contribution in [2.24, 2.45) is 0 Å². The predicted octanol–water partition coefficient (Wildman–Crippen LogP) is 5.23. The summed E-state index contributed by atoms with van der Waals surface area (Å²) in [5.74, 6) is 0.0656. The van der Waals surface area contributed by atoms with Gasteiger partial charge in [-0.05, 0) is 41.8 Å². The fraction of sp³-hybridized carbons (Fsp3) is 0.143. The molecule has 0 spiro atoms. The van der Waals surface area contributed by atoms with Gasteiger partial charge in [0.2, 0.25) is 0 Å². The number of methoxy groups -OCH3 is 1. The molecule has 6 nitrogen and oxygen atoms in total. The lowest BCUT2D eigenvalue weighted by molar-refractivity contribution is -0.123. The highest BCUT2D eigenvalue weighted by molar-refractivity contribution is 6.13. The van der Waals surface area contributed by atoms with Gasteiger partial charge in [-0.3, -0.25) is 9.69 Å². The first kappa shape index (κ1) is 23.8. The summed E-state index contributed by atoms with van der Waals surface area (Å²) >= 11 is 0. The van der Waals surface area contributed by atoms with E-state index in [1.165, 1.54) is 19.2 Å². The van der Waals surface area contributed by atoms with Crippen LogP contribution in [0, 0.1) is 5.82 Å². The second-order valence-electron chi connectivity index (χ2n) is 7.95. The SMILES string of the molecule is C=CCc1cc(/C=C2/NC(=O)N(Cc3ccccc3F)C2=O)cc(OC)c1OCc1ccccc1. The number of carbonyl (C=O) groups is 2. The maximum Gasteiger partial charge on any atom is 0.329 e. The number of hydrogen-bond donors (Lipinski definition) is 1. The molecule has 178 valence electrons. The maximum absolute atomic E-state index is 14.0. The van der Waals surface area contributed by atoms with Crippen LogP contribution in [-0.4, -0.2) is 23.9 Å². The minimum atomic E-state index is -0.606. The fourth-order valence-corrected chi connectivity index (χ4v) is 3.80. The summed E-state index contributed by atoms with van der Waals surface area (Å²) in [6, 6.07) is 18.8. The number of nitrogens with zero attached hydrogens (tertiary/aromatic N) is 1. The summed E-state index contributed by atoms with van der Waals surface area (Å²) in [5, 5.41) is 2.58. The number of hydrogen-bond acceptors (Lipinski definition) is 4. The van der Waals surface area contributed by atoms with Crippen LogP contribution in [0.15, 0.2) is 85.1 Å². The Hall–Kier alpha value is -4.39. The van der Waals surface area contributed by atoms with Crippen molar-refractivity contribution in [2.75, 3.05) is 7.11 Å². The number of urea groups is 1. The maximum atomic E-state index is 14.0. The zero-order chi connectivity index (χ0) is 24.8. The Bertz CT molecular complexity index is 1290. The highest BCUT2D eigenvalue weighted by Gasteiger charge is 2.34. The van der Waals surface area contributed by atoms with Crippen LogP contribution in [0.2, 0.25) is 0 Å². The van der Waals surface area contributed by atoms with E-state index < -0.39 is 17.8 Å². The largest absolute Gasteiger partial charge is 0.493 e. The number of rotatable bonds is 9.